The zero-order valence-electron chi connectivity index (χ0n) is 38.7. The molecule has 382 valence electrons. The first-order valence-corrected chi connectivity index (χ1v) is 23.1. The maximum atomic E-state index is 13.6. The van der Waals surface area contributed by atoms with Crippen LogP contribution in [0.2, 0.25) is 0 Å². The molecule has 0 radical (unpaired) electrons. The Balaban J connectivity index is 1.67. The van der Waals surface area contributed by atoms with Crippen LogP contribution < -0.4 is 4.74 Å². The molecular formula is C45H77F5O15. The van der Waals surface area contributed by atoms with Crippen LogP contribution in [0.1, 0.15) is 77.6 Å². The van der Waals surface area contributed by atoms with Gasteiger partial charge >= 0.3 is 5.97 Å². The zero-order valence-corrected chi connectivity index (χ0v) is 38.7. The summed E-state index contributed by atoms with van der Waals surface area (Å²) in [7, 11) is 0. The van der Waals surface area contributed by atoms with Crippen LogP contribution in [0.3, 0.4) is 0 Å². The molecule has 65 heavy (non-hydrogen) atoms. The van der Waals surface area contributed by atoms with Gasteiger partial charge in [0.15, 0.2) is 0 Å². The fraction of sp³-hybridized carbons (Fsp3) is 0.844. The summed E-state index contributed by atoms with van der Waals surface area (Å²) in [4.78, 5) is 11.7. The summed E-state index contributed by atoms with van der Waals surface area (Å²) >= 11 is 0. The third kappa shape index (κ3) is 37.5. The normalized spacial score (nSPS) is 11.6. The van der Waals surface area contributed by atoms with E-state index in [1.807, 2.05) is 0 Å². The summed E-state index contributed by atoms with van der Waals surface area (Å²) in [5.41, 5.74) is 0. The molecule has 0 saturated heterocycles. The van der Waals surface area contributed by atoms with Gasteiger partial charge in [-0.05, 0) is 6.42 Å². The van der Waals surface area contributed by atoms with E-state index in [1.54, 1.807) is 0 Å². The van der Waals surface area contributed by atoms with E-state index in [2.05, 4.69) is 11.7 Å². The lowest BCUT2D eigenvalue weighted by Gasteiger charge is -2.09. The Hall–Kier alpha value is -2.18. The van der Waals surface area contributed by atoms with Gasteiger partial charge in [-0.1, -0.05) is 64.7 Å². The lowest BCUT2D eigenvalue weighted by molar-refractivity contribution is -0.136. The summed E-state index contributed by atoms with van der Waals surface area (Å²) in [6.45, 7) is 13.1. The molecule has 0 N–H and O–H groups in total. The second-order valence-electron chi connectivity index (χ2n) is 14.3. The first-order valence-electron chi connectivity index (χ1n) is 23.1. The summed E-state index contributed by atoms with van der Waals surface area (Å²) in [5, 5.41) is 0. The molecule has 0 aromatic heterocycles. The van der Waals surface area contributed by atoms with Gasteiger partial charge in [-0.25, -0.2) is 13.2 Å². The Morgan fingerprint density at radius 1 is 0.292 bits per heavy atom. The molecule has 0 saturated carbocycles. The third-order valence-electron chi connectivity index (χ3n) is 8.94. The second-order valence-corrected chi connectivity index (χ2v) is 14.3. The molecule has 0 aliphatic heterocycles. The Morgan fingerprint density at radius 3 is 0.785 bits per heavy atom. The van der Waals surface area contributed by atoms with E-state index in [9.17, 15) is 26.7 Å². The van der Waals surface area contributed by atoms with Crippen molar-refractivity contribution >= 4 is 5.97 Å². The van der Waals surface area contributed by atoms with Gasteiger partial charge in [0, 0.05) is 6.61 Å². The number of unbranched alkanes of at least 4 members (excludes halogenated alkanes) is 9. The average Bonchev–Trinajstić information content (AvgIpc) is 3.31. The van der Waals surface area contributed by atoms with Gasteiger partial charge in [0.1, 0.15) is 0 Å². The van der Waals surface area contributed by atoms with Crippen molar-refractivity contribution in [2.24, 2.45) is 0 Å². The fourth-order valence-corrected chi connectivity index (χ4v) is 5.43. The maximum Gasteiger partial charge on any atom is 0.313 e. The van der Waals surface area contributed by atoms with E-state index in [-0.39, 0.29) is 26.4 Å². The van der Waals surface area contributed by atoms with Crippen LogP contribution in [0.15, 0.2) is 0 Å². The van der Waals surface area contributed by atoms with E-state index < -0.39 is 47.2 Å². The van der Waals surface area contributed by atoms with Gasteiger partial charge in [0.25, 0.3) is 0 Å². The molecular weight excluding hydrogens is 875 g/mol. The van der Waals surface area contributed by atoms with Crippen molar-refractivity contribution in [3.05, 3.63) is 29.1 Å². The van der Waals surface area contributed by atoms with Gasteiger partial charge in [-0.3, -0.25) is 4.79 Å². The first kappa shape index (κ1) is 60.8. The van der Waals surface area contributed by atoms with Crippen molar-refractivity contribution < 1.29 is 93.1 Å². The zero-order chi connectivity index (χ0) is 47.1. The molecule has 20 heteroatoms. The second kappa shape index (κ2) is 46.9. The largest absolute Gasteiger partial charge is 0.420 e. The Bertz CT molecular complexity index is 1200. The fourth-order valence-electron chi connectivity index (χ4n) is 5.43. The van der Waals surface area contributed by atoms with Crippen LogP contribution in [-0.2, 0) is 66.4 Å². The van der Waals surface area contributed by atoms with Crippen molar-refractivity contribution in [2.75, 3.05) is 172 Å². The highest BCUT2D eigenvalue weighted by atomic mass is 19.2. The predicted octanol–water partition coefficient (Wildman–Crippen LogP) is 6.81. The van der Waals surface area contributed by atoms with Gasteiger partial charge in [0.05, 0.1) is 172 Å². The highest BCUT2D eigenvalue weighted by Crippen LogP contribution is 2.29. The summed E-state index contributed by atoms with van der Waals surface area (Å²) in [6, 6.07) is 0. The van der Waals surface area contributed by atoms with Crippen LogP contribution in [0.5, 0.6) is 5.75 Å². The lowest BCUT2D eigenvalue weighted by Crippen LogP contribution is -2.16. The summed E-state index contributed by atoms with van der Waals surface area (Å²) in [5.74, 6) is -14.1. The molecule has 1 aromatic carbocycles. The van der Waals surface area contributed by atoms with Gasteiger partial charge < -0.3 is 66.3 Å². The Labute approximate surface area is 382 Å². The maximum absolute atomic E-state index is 13.6. The highest BCUT2D eigenvalue weighted by Gasteiger charge is 2.28. The molecule has 0 bridgehead atoms. The Morgan fingerprint density at radius 2 is 0.508 bits per heavy atom. The lowest BCUT2D eigenvalue weighted by atomic mass is 10.1. The molecule has 15 nitrogen and oxygen atoms in total. The number of hydrogen-bond acceptors (Lipinski definition) is 15. The van der Waals surface area contributed by atoms with Crippen molar-refractivity contribution in [1.82, 2.24) is 0 Å². The summed E-state index contributed by atoms with van der Waals surface area (Å²) in [6.07, 6.45) is 12.8. The van der Waals surface area contributed by atoms with E-state index in [0.29, 0.717) is 139 Å². The number of rotatable bonds is 51. The van der Waals surface area contributed by atoms with Crippen LogP contribution in [0.25, 0.3) is 0 Å². The SMILES string of the molecule is CCCCCCCCCCCCOCCOCCOCCOCCOCCOCCOCCOCCOCCOCCOCCOCCOCCC(=O)Oc1c(F)c(F)c(F)c(F)c1F. The van der Waals surface area contributed by atoms with Crippen LogP contribution in [0.4, 0.5) is 22.0 Å². The molecule has 0 fully saturated rings. The molecule has 0 aliphatic carbocycles. The molecule has 0 aliphatic rings. The van der Waals surface area contributed by atoms with E-state index >= 15 is 0 Å². The van der Waals surface area contributed by atoms with Gasteiger partial charge in [-0.2, -0.15) is 8.78 Å². The minimum Gasteiger partial charge on any atom is -0.420 e. The molecule has 1 aromatic rings. The van der Waals surface area contributed by atoms with Crippen molar-refractivity contribution in [2.45, 2.75) is 77.6 Å². The number of carbonyl (C=O) groups is 1. The molecule has 0 amide bonds. The van der Waals surface area contributed by atoms with Gasteiger partial charge in [-0.15, -0.1) is 0 Å². The topological polar surface area (TPSA) is 146 Å². The number of hydrogen-bond donors (Lipinski definition) is 0. The summed E-state index contributed by atoms with van der Waals surface area (Å²) < 4.78 is 142. The Kier molecular flexibility index (Phi) is 43.9. The minimum absolute atomic E-state index is 0.0784. The molecule has 1 rings (SSSR count). The van der Waals surface area contributed by atoms with Crippen molar-refractivity contribution in [3.8, 4) is 5.75 Å². The average molecular weight is 953 g/mol. The molecule has 0 unspecified atom stereocenters. The van der Waals surface area contributed by atoms with Gasteiger partial charge in [0.2, 0.25) is 34.8 Å². The van der Waals surface area contributed by atoms with Crippen LogP contribution >= 0.6 is 0 Å². The monoisotopic (exact) mass is 953 g/mol. The standard InChI is InChI=1S/C45H77F5O15/c1-2-3-4-5-6-7-8-9-10-11-13-52-15-17-54-19-21-56-23-25-58-27-29-60-31-33-62-35-37-64-38-36-63-34-32-61-30-28-59-26-24-57-22-20-55-18-16-53-14-12-39(51)65-45-43(49)41(47)40(46)42(48)44(45)50/h2-38H2,1H3. The van der Waals surface area contributed by atoms with E-state index in [1.165, 1.54) is 57.8 Å². The minimum atomic E-state index is -2.35. The van der Waals surface area contributed by atoms with E-state index in [4.69, 9.17) is 61.6 Å². The number of halogens is 5. The number of benzene rings is 1. The first-order chi connectivity index (χ1) is 31.9. The molecule has 0 atom stereocenters. The molecule has 0 heterocycles. The smallest absolute Gasteiger partial charge is 0.313 e. The van der Waals surface area contributed by atoms with E-state index in [0.717, 1.165) is 13.0 Å². The van der Waals surface area contributed by atoms with Crippen LogP contribution in [0, 0.1) is 29.1 Å². The highest BCUT2D eigenvalue weighted by molar-refractivity contribution is 5.72. The predicted molar refractivity (Wildman–Crippen MR) is 229 cm³/mol. The quantitative estimate of drug-likeness (QED) is 0.0168. The molecule has 0 spiro atoms. The number of carbonyl (C=O) groups excluding carboxylic acids is 1. The van der Waals surface area contributed by atoms with Crippen LogP contribution in [-0.4, -0.2) is 178 Å². The van der Waals surface area contributed by atoms with Crippen molar-refractivity contribution in [1.29, 1.82) is 0 Å². The number of esters is 1. The third-order valence-corrected chi connectivity index (χ3v) is 8.94. The van der Waals surface area contributed by atoms with Crippen molar-refractivity contribution in [3.63, 3.8) is 0 Å². The number of ether oxygens (including phenoxy) is 14.